The molecule has 3 nitrogen and oxygen atoms in total. The van der Waals surface area contributed by atoms with Crippen LogP contribution in [0.3, 0.4) is 0 Å². The van der Waals surface area contributed by atoms with Gasteiger partial charge in [0.2, 0.25) is 0 Å². The summed E-state index contributed by atoms with van der Waals surface area (Å²) in [7, 11) is 1.96. The molecule has 1 heterocycles. The average Bonchev–Trinajstić information content (AvgIpc) is 2.67. The summed E-state index contributed by atoms with van der Waals surface area (Å²) in [5.74, 6) is 0. The number of nitrogens with zero attached hydrogens (tertiary/aromatic N) is 2. The van der Waals surface area contributed by atoms with E-state index in [0.29, 0.717) is 0 Å². The van der Waals surface area contributed by atoms with Gasteiger partial charge in [-0.15, -0.1) is 0 Å². The summed E-state index contributed by atoms with van der Waals surface area (Å²) in [5, 5.41) is 7.66. The molecule has 2 aromatic rings. The Morgan fingerprint density at radius 1 is 1.17 bits per heavy atom. The maximum Gasteiger partial charge on any atom is 0.0667 e. The van der Waals surface area contributed by atoms with Crippen LogP contribution in [0.1, 0.15) is 27.9 Å². The van der Waals surface area contributed by atoms with Crippen LogP contribution in [-0.4, -0.2) is 16.8 Å². The van der Waals surface area contributed by atoms with Gasteiger partial charge in [-0.3, -0.25) is 4.68 Å². The van der Waals surface area contributed by atoms with Crippen molar-refractivity contribution < 1.29 is 0 Å². The van der Waals surface area contributed by atoms with Gasteiger partial charge in [0.15, 0.2) is 0 Å². The summed E-state index contributed by atoms with van der Waals surface area (Å²) in [4.78, 5) is 0. The van der Waals surface area contributed by atoms with Crippen LogP contribution < -0.4 is 5.32 Å². The summed E-state index contributed by atoms with van der Waals surface area (Å²) >= 11 is 0. The summed E-state index contributed by atoms with van der Waals surface area (Å²) < 4.78 is 2.09. The predicted molar refractivity (Wildman–Crippen MR) is 74.7 cm³/mol. The van der Waals surface area contributed by atoms with E-state index < -0.39 is 0 Å². The fourth-order valence-electron chi connectivity index (χ4n) is 2.26. The molecule has 0 aliphatic heterocycles. The molecule has 0 saturated carbocycles. The molecule has 96 valence electrons. The van der Waals surface area contributed by atoms with Crippen LogP contribution in [0, 0.1) is 20.8 Å². The van der Waals surface area contributed by atoms with E-state index in [1.165, 1.54) is 27.9 Å². The molecule has 0 aliphatic rings. The van der Waals surface area contributed by atoms with Crippen LogP contribution in [0.4, 0.5) is 0 Å². The van der Waals surface area contributed by atoms with Gasteiger partial charge < -0.3 is 5.32 Å². The second kappa shape index (κ2) is 5.36. The summed E-state index contributed by atoms with van der Waals surface area (Å²) in [6.45, 7) is 8.19. The first-order valence-electron chi connectivity index (χ1n) is 6.34. The number of benzene rings is 1. The lowest BCUT2D eigenvalue weighted by atomic mass is 10.0. The van der Waals surface area contributed by atoms with Gasteiger partial charge in [0.05, 0.1) is 12.7 Å². The summed E-state index contributed by atoms with van der Waals surface area (Å²) in [5.41, 5.74) is 6.55. The van der Waals surface area contributed by atoms with Crippen molar-refractivity contribution in [3.05, 3.63) is 52.3 Å². The van der Waals surface area contributed by atoms with Gasteiger partial charge in [0.1, 0.15) is 0 Å². The lowest BCUT2D eigenvalue weighted by Crippen LogP contribution is -2.09. The van der Waals surface area contributed by atoms with E-state index in [4.69, 9.17) is 0 Å². The van der Waals surface area contributed by atoms with Crippen LogP contribution in [0.25, 0.3) is 0 Å². The number of hydrogen-bond acceptors (Lipinski definition) is 2. The molecule has 0 amide bonds. The standard InChI is InChI=1S/C15H21N3/c1-11-6-5-7-12(2)15(11)10-18-13(3)14(8-16-4)9-17-18/h5-7,9,16H,8,10H2,1-4H3. The van der Waals surface area contributed by atoms with Crippen LogP contribution in [0.5, 0.6) is 0 Å². The highest BCUT2D eigenvalue weighted by Gasteiger charge is 2.08. The fourth-order valence-corrected chi connectivity index (χ4v) is 2.26. The van der Waals surface area contributed by atoms with Crippen molar-refractivity contribution in [1.29, 1.82) is 0 Å². The van der Waals surface area contributed by atoms with Crippen LogP contribution in [0.2, 0.25) is 0 Å². The quantitative estimate of drug-likeness (QED) is 0.894. The van der Waals surface area contributed by atoms with Crippen molar-refractivity contribution in [2.75, 3.05) is 7.05 Å². The Morgan fingerprint density at radius 3 is 2.44 bits per heavy atom. The van der Waals surface area contributed by atoms with E-state index in [1.54, 1.807) is 0 Å². The maximum atomic E-state index is 4.49. The predicted octanol–water partition coefficient (Wildman–Crippen LogP) is 2.58. The third-order valence-corrected chi connectivity index (χ3v) is 3.52. The number of aryl methyl sites for hydroxylation is 2. The topological polar surface area (TPSA) is 29.9 Å². The first-order chi connectivity index (χ1) is 8.63. The highest BCUT2D eigenvalue weighted by atomic mass is 15.3. The Bertz CT molecular complexity index is 520. The van der Waals surface area contributed by atoms with E-state index >= 15 is 0 Å². The minimum atomic E-state index is 0.855. The Balaban J connectivity index is 2.29. The van der Waals surface area contributed by atoms with Crippen LogP contribution >= 0.6 is 0 Å². The fraction of sp³-hybridized carbons (Fsp3) is 0.400. The van der Waals surface area contributed by atoms with Crippen molar-refractivity contribution >= 4 is 0 Å². The van der Waals surface area contributed by atoms with Gasteiger partial charge in [-0.2, -0.15) is 5.10 Å². The van der Waals surface area contributed by atoms with Crippen molar-refractivity contribution in [1.82, 2.24) is 15.1 Å². The van der Waals surface area contributed by atoms with E-state index in [1.807, 2.05) is 13.2 Å². The monoisotopic (exact) mass is 243 g/mol. The number of aromatic nitrogens is 2. The molecule has 0 unspecified atom stereocenters. The molecule has 1 N–H and O–H groups in total. The minimum Gasteiger partial charge on any atom is -0.316 e. The molecule has 2 rings (SSSR count). The third-order valence-electron chi connectivity index (χ3n) is 3.52. The first kappa shape index (κ1) is 12.8. The zero-order valence-corrected chi connectivity index (χ0v) is 11.6. The third kappa shape index (κ3) is 2.46. The summed E-state index contributed by atoms with van der Waals surface area (Å²) in [6, 6.07) is 6.43. The normalized spacial score (nSPS) is 10.9. The zero-order valence-electron chi connectivity index (χ0n) is 11.6. The number of hydrogen-bond donors (Lipinski definition) is 1. The molecule has 0 radical (unpaired) electrons. The molecular weight excluding hydrogens is 222 g/mol. The lowest BCUT2D eigenvalue weighted by molar-refractivity contribution is 0.657. The maximum absolute atomic E-state index is 4.49. The minimum absolute atomic E-state index is 0.855. The second-order valence-electron chi connectivity index (χ2n) is 4.81. The van der Waals surface area contributed by atoms with Gasteiger partial charge in [0.25, 0.3) is 0 Å². The van der Waals surface area contributed by atoms with Crippen molar-refractivity contribution in [2.45, 2.75) is 33.9 Å². The molecule has 0 aliphatic carbocycles. The lowest BCUT2D eigenvalue weighted by Gasteiger charge is -2.11. The second-order valence-corrected chi connectivity index (χ2v) is 4.81. The van der Waals surface area contributed by atoms with Crippen molar-refractivity contribution in [3.63, 3.8) is 0 Å². The van der Waals surface area contributed by atoms with Gasteiger partial charge >= 0.3 is 0 Å². The Kier molecular flexibility index (Phi) is 3.82. The van der Waals surface area contributed by atoms with Crippen molar-refractivity contribution in [3.8, 4) is 0 Å². The smallest absolute Gasteiger partial charge is 0.0667 e. The molecular formula is C15H21N3. The molecule has 18 heavy (non-hydrogen) atoms. The molecule has 1 aromatic carbocycles. The largest absolute Gasteiger partial charge is 0.316 e. The van der Waals surface area contributed by atoms with Crippen molar-refractivity contribution in [2.24, 2.45) is 0 Å². The van der Waals surface area contributed by atoms with E-state index in [2.05, 4.69) is 54.1 Å². The zero-order chi connectivity index (χ0) is 13.1. The molecule has 0 fully saturated rings. The summed E-state index contributed by atoms with van der Waals surface area (Å²) in [6.07, 6.45) is 1.96. The first-order valence-corrected chi connectivity index (χ1v) is 6.34. The van der Waals surface area contributed by atoms with E-state index in [0.717, 1.165) is 13.1 Å². The average molecular weight is 243 g/mol. The van der Waals surface area contributed by atoms with Crippen LogP contribution in [0.15, 0.2) is 24.4 Å². The van der Waals surface area contributed by atoms with Gasteiger partial charge in [-0.1, -0.05) is 18.2 Å². The van der Waals surface area contributed by atoms with Crippen LogP contribution in [-0.2, 0) is 13.1 Å². The highest BCUT2D eigenvalue weighted by Crippen LogP contribution is 2.16. The molecule has 3 heteroatoms. The van der Waals surface area contributed by atoms with Gasteiger partial charge in [-0.25, -0.2) is 0 Å². The Morgan fingerprint density at radius 2 is 1.83 bits per heavy atom. The van der Waals surface area contributed by atoms with Gasteiger partial charge in [-0.05, 0) is 44.5 Å². The molecule has 0 saturated heterocycles. The Labute approximate surface area is 109 Å². The van der Waals surface area contributed by atoms with E-state index in [9.17, 15) is 0 Å². The molecule has 0 spiro atoms. The van der Waals surface area contributed by atoms with E-state index in [-0.39, 0.29) is 0 Å². The SMILES string of the molecule is CNCc1cnn(Cc2c(C)cccc2C)c1C. The Hall–Kier alpha value is -1.61. The van der Waals surface area contributed by atoms with Gasteiger partial charge in [0, 0.05) is 17.8 Å². The highest BCUT2D eigenvalue weighted by molar-refractivity contribution is 5.34. The molecule has 1 aromatic heterocycles. The number of rotatable bonds is 4. The number of nitrogens with one attached hydrogen (secondary N) is 1. The molecule has 0 bridgehead atoms. The molecule has 0 atom stereocenters.